The Hall–Kier alpha value is -3.70. The fraction of sp³-hybridized carbons (Fsp3) is 0.370. The molecule has 3 aromatic rings. The number of halogens is 3. The molecule has 8 nitrogen and oxygen atoms in total. The zero-order valence-electron chi connectivity index (χ0n) is 21.0. The number of aryl methyl sites for hydroxylation is 2. The third-order valence-electron chi connectivity index (χ3n) is 6.36. The zero-order valence-corrected chi connectivity index (χ0v) is 21.0. The number of nitrogens with one attached hydrogen (secondary N) is 1. The highest BCUT2D eigenvalue weighted by atomic mass is 19.4. The van der Waals surface area contributed by atoms with Gasteiger partial charge >= 0.3 is 6.18 Å². The fourth-order valence-electron chi connectivity index (χ4n) is 4.35. The fourth-order valence-corrected chi connectivity index (χ4v) is 4.35. The number of amides is 1. The smallest absolute Gasteiger partial charge is 0.417 e. The van der Waals surface area contributed by atoms with Crippen molar-refractivity contribution in [2.45, 2.75) is 31.9 Å². The second kappa shape index (κ2) is 11.4. The van der Waals surface area contributed by atoms with E-state index in [0.29, 0.717) is 37.0 Å². The normalized spacial score (nSPS) is 14.4. The summed E-state index contributed by atoms with van der Waals surface area (Å²) in [5.41, 5.74) is 0.940. The number of ether oxygens (including phenoxy) is 2. The monoisotopic (exact) mass is 531 g/mol. The van der Waals surface area contributed by atoms with Crippen molar-refractivity contribution < 1.29 is 32.5 Å². The molecule has 0 aliphatic carbocycles. The van der Waals surface area contributed by atoms with Gasteiger partial charge in [-0.15, -0.1) is 0 Å². The number of hydrogen-bond acceptors (Lipinski definition) is 6. The first-order valence-corrected chi connectivity index (χ1v) is 12.1. The van der Waals surface area contributed by atoms with Gasteiger partial charge in [0.25, 0.3) is 11.5 Å². The lowest BCUT2D eigenvalue weighted by Crippen LogP contribution is -2.29. The van der Waals surface area contributed by atoms with Crippen LogP contribution in [0.25, 0.3) is 11.1 Å². The Morgan fingerprint density at radius 3 is 2.63 bits per heavy atom. The summed E-state index contributed by atoms with van der Waals surface area (Å²) in [5, 5.41) is 11.7. The molecule has 0 spiro atoms. The predicted octanol–water partition coefficient (Wildman–Crippen LogP) is 4.29. The maximum atomic E-state index is 13.2. The predicted molar refractivity (Wildman–Crippen MR) is 134 cm³/mol. The molecule has 1 aromatic carbocycles. The van der Waals surface area contributed by atoms with Crippen molar-refractivity contribution in [1.82, 2.24) is 9.55 Å². The van der Waals surface area contributed by atoms with Crippen LogP contribution >= 0.6 is 0 Å². The lowest BCUT2D eigenvalue weighted by Gasteiger charge is -2.23. The van der Waals surface area contributed by atoms with E-state index in [1.165, 1.54) is 0 Å². The van der Waals surface area contributed by atoms with Crippen molar-refractivity contribution in [3.05, 3.63) is 75.3 Å². The van der Waals surface area contributed by atoms with Crippen LogP contribution in [0.4, 0.5) is 18.9 Å². The number of rotatable bonds is 7. The Morgan fingerprint density at radius 2 is 1.95 bits per heavy atom. The highest BCUT2D eigenvalue weighted by Crippen LogP contribution is 2.34. The number of anilines is 1. The van der Waals surface area contributed by atoms with Gasteiger partial charge < -0.3 is 24.5 Å². The van der Waals surface area contributed by atoms with Crippen LogP contribution in [-0.2, 0) is 18.0 Å². The van der Waals surface area contributed by atoms with E-state index in [9.17, 15) is 27.9 Å². The van der Waals surface area contributed by atoms with E-state index in [0.717, 1.165) is 46.8 Å². The summed E-state index contributed by atoms with van der Waals surface area (Å²) in [6.45, 7) is 3.03. The molecule has 0 saturated carbocycles. The van der Waals surface area contributed by atoms with Crippen LogP contribution in [0.2, 0.25) is 0 Å². The summed E-state index contributed by atoms with van der Waals surface area (Å²) in [6, 6.07) is 9.29. The van der Waals surface area contributed by atoms with Crippen LogP contribution in [0.3, 0.4) is 0 Å². The Kier molecular flexibility index (Phi) is 8.17. The summed E-state index contributed by atoms with van der Waals surface area (Å²) in [5.74, 6) is -0.434. The number of aromatic nitrogens is 2. The Balaban J connectivity index is 1.69. The van der Waals surface area contributed by atoms with Gasteiger partial charge in [-0.1, -0.05) is 6.07 Å². The molecule has 0 bridgehead atoms. The van der Waals surface area contributed by atoms with E-state index in [1.54, 1.807) is 24.3 Å². The van der Waals surface area contributed by atoms with Crippen molar-refractivity contribution in [3.8, 4) is 17.0 Å². The van der Waals surface area contributed by atoms with Crippen molar-refractivity contribution in [2.24, 2.45) is 7.05 Å². The lowest BCUT2D eigenvalue weighted by atomic mass is 9.92. The number of aliphatic hydroxyl groups excluding tert-OH is 1. The van der Waals surface area contributed by atoms with Gasteiger partial charge in [-0.05, 0) is 60.7 Å². The largest absolute Gasteiger partial charge is 0.475 e. The molecule has 1 aliphatic rings. The molecule has 2 aromatic heterocycles. The topological polar surface area (TPSA) is 103 Å². The number of hydrogen-bond donors (Lipinski definition) is 2. The van der Waals surface area contributed by atoms with Crippen molar-refractivity contribution in [1.29, 1.82) is 0 Å². The summed E-state index contributed by atoms with van der Waals surface area (Å²) in [7, 11) is 1.16. The maximum absolute atomic E-state index is 13.2. The van der Waals surface area contributed by atoms with E-state index in [2.05, 4.69) is 10.3 Å². The maximum Gasteiger partial charge on any atom is 0.417 e. The summed E-state index contributed by atoms with van der Waals surface area (Å²) < 4.78 is 51.6. The van der Waals surface area contributed by atoms with Crippen molar-refractivity contribution in [2.75, 3.05) is 31.7 Å². The zero-order chi connectivity index (χ0) is 27.4. The van der Waals surface area contributed by atoms with Gasteiger partial charge in [0.05, 0.1) is 12.2 Å². The molecule has 2 N–H and O–H groups in total. The first kappa shape index (κ1) is 27.3. The van der Waals surface area contributed by atoms with Crippen molar-refractivity contribution in [3.63, 3.8) is 0 Å². The molecule has 0 unspecified atom stereocenters. The summed E-state index contributed by atoms with van der Waals surface area (Å²) in [4.78, 5) is 29.9. The van der Waals surface area contributed by atoms with Crippen LogP contribution < -0.4 is 15.6 Å². The third-order valence-corrected chi connectivity index (χ3v) is 6.36. The molecule has 1 aliphatic heterocycles. The number of alkyl halides is 3. The highest BCUT2D eigenvalue weighted by Gasteiger charge is 2.33. The first-order chi connectivity index (χ1) is 18.1. The molecule has 1 saturated heterocycles. The van der Waals surface area contributed by atoms with Gasteiger partial charge in [0.2, 0.25) is 5.88 Å². The van der Waals surface area contributed by atoms with E-state index >= 15 is 0 Å². The van der Waals surface area contributed by atoms with Crippen LogP contribution in [0.15, 0.2) is 47.4 Å². The second-order valence-electron chi connectivity index (χ2n) is 9.12. The quantitative estimate of drug-likeness (QED) is 0.472. The van der Waals surface area contributed by atoms with Gasteiger partial charge in [0.1, 0.15) is 12.2 Å². The van der Waals surface area contributed by atoms with E-state index in [4.69, 9.17) is 9.47 Å². The molecule has 0 atom stereocenters. The number of carbonyl (C=O) groups excluding carboxylic acids is 1. The van der Waals surface area contributed by atoms with Gasteiger partial charge in [0.15, 0.2) is 0 Å². The Bertz CT molecular complexity index is 1380. The van der Waals surface area contributed by atoms with E-state index < -0.39 is 28.8 Å². The molecule has 38 heavy (non-hydrogen) atoms. The van der Waals surface area contributed by atoms with Crippen LogP contribution in [0, 0.1) is 6.92 Å². The van der Waals surface area contributed by atoms with Crippen LogP contribution in [0.5, 0.6) is 5.88 Å². The van der Waals surface area contributed by atoms with Gasteiger partial charge in [-0.2, -0.15) is 13.2 Å². The number of carbonyl (C=O) groups is 1. The van der Waals surface area contributed by atoms with E-state index in [1.807, 2.05) is 13.0 Å². The Morgan fingerprint density at radius 1 is 1.21 bits per heavy atom. The molecule has 3 heterocycles. The first-order valence-electron chi connectivity index (χ1n) is 12.1. The molecule has 1 amide bonds. The molecule has 11 heteroatoms. The molecule has 1 fully saturated rings. The van der Waals surface area contributed by atoms with E-state index in [-0.39, 0.29) is 19.1 Å². The minimum absolute atomic E-state index is 0.0741. The average molecular weight is 532 g/mol. The van der Waals surface area contributed by atoms with Gasteiger partial charge in [-0.25, -0.2) is 4.98 Å². The summed E-state index contributed by atoms with van der Waals surface area (Å²) >= 11 is 0. The molecular weight excluding hydrogens is 503 g/mol. The molecule has 0 radical (unpaired) electrons. The van der Waals surface area contributed by atoms with Crippen LogP contribution in [-0.4, -0.2) is 47.0 Å². The minimum atomic E-state index is -4.71. The lowest BCUT2D eigenvalue weighted by molar-refractivity contribution is -0.138. The second-order valence-corrected chi connectivity index (χ2v) is 9.12. The van der Waals surface area contributed by atoms with Crippen molar-refractivity contribution >= 4 is 11.6 Å². The SMILES string of the molecule is Cc1ccc(NC(=O)c2cc(C(F)(F)F)cn(C)c2=O)cc1-c1cc(OCCO)nc(C2CCOCC2)c1. The number of benzene rings is 1. The molecule has 4 rings (SSSR count). The van der Waals surface area contributed by atoms with Gasteiger partial charge in [-0.3, -0.25) is 9.59 Å². The number of aliphatic hydroxyl groups is 1. The molecular formula is C27H28F3N3O5. The molecule has 202 valence electrons. The Labute approximate surface area is 217 Å². The summed E-state index contributed by atoms with van der Waals surface area (Å²) in [6.07, 6.45) is -2.45. The average Bonchev–Trinajstić information content (AvgIpc) is 2.89. The number of pyridine rings is 2. The number of nitrogens with zero attached hydrogens (tertiary/aromatic N) is 2. The van der Waals surface area contributed by atoms with Gasteiger partial charge in [0, 0.05) is 49.8 Å². The highest BCUT2D eigenvalue weighted by molar-refractivity contribution is 6.04. The minimum Gasteiger partial charge on any atom is -0.475 e. The standard InChI is InChI=1S/C27H28F3N3O5/c1-16-3-4-20(31-25(35)22-13-19(27(28,29)30)15-33(2)26(22)36)14-21(16)18-11-23(17-5-8-37-9-6-17)32-24(12-18)38-10-7-34/h3-4,11-15,17,34H,5-10H2,1-2H3,(H,31,35). The third kappa shape index (κ3) is 6.22. The van der Waals surface area contributed by atoms with Crippen LogP contribution in [0.1, 0.15) is 45.9 Å².